The number of ether oxygens (including phenoxy) is 2. The van der Waals surface area contributed by atoms with Gasteiger partial charge in [-0.05, 0) is 86.1 Å². The van der Waals surface area contributed by atoms with Gasteiger partial charge < -0.3 is 19.9 Å². The van der Waals surface area contributed by atoms with Gasteiger partial charge in [0, 0.05) is 18.6 Å². The van der Waals surface area contributed by atoms with Crippen LogP contribution in [0.5, 0.6) is 0 Å². The molecule has 0 fully saturated rings. The van der Waals surface area contributed by atoms with Crippen molar-refractivity contribution in [3.8, 4) is 0 Å². The fraction of sp³-hybridized carbons (Fsp3) is 0.353. The Bertz CT molecular complexity index is 1340. The van der Waals surface area contributed by atoms with Crippen molar-refractivity contribution in [3.05, 3.63) is 100 Å². The molecule has 1 heterocycles. The van der Waals surface area contributed by atoms with Crippen molar-refractivity contribution in [2.45, 2.75) is 65.0 Å². The minimum atomic E-state index is -1.06. The molecule has 222 valence electrons. The van der Waals surface area contributed by atoms with Gasteiger partial charge in [0.15, 0.2) is 0 Å². The Morgan fingerprint density at radius 1 is 0.952 bits per heavy atom. The summed E-state index contributed by atoms with van der Waals surface area (Å²) in [5, 5.41) is 11.6. The second-order valence-electron chi connectivity index (χ2n) is 9.90. The van der Waals surface area contributed by atoms with Crippen LogP contribution in [0.2, 0.25) is 0 Å². The molecule has 0 unspecified atom stereocenters. The van der Waals surface area contributed by atoms with Gasteiger partial charge in [-0.25, -0.2) is 4.79 Å². The molecular weight excluding hydrogens is 532 g/mol. The molecule has 1 atom stereocenters. The Morgan fingerprint density at radius 2 is 1.71 bits per heavy atom. The highest BCUT2D eigenvalue weighted by Crippen LogP contribution is 2.13. The van der Waals surface area contributed by atoms with Gasteiger partial charge in [0.25, 0.3) is 5.91 Å². The van der Waals surface area contributed by atoms with Crippen LogP contribution in [0.15, 0.2) is 66.7 Å². The molecule has 0 spiro atoms. The Balaban J connectivity index is 1.49. The first-order valence-electron chi connectivity index (χ1n) is 14.5. The van der Waals surface area contributed by atoms with Crippen LogP contribution in [0.1, 0.15) is 78.0 Å². The lowest BCUT2D eigenvalue weighted by Gasteiger charge is -2.16. The van der Waals surface area contributed by atoms with Gasteiger partial charge in [0.2, 0.25) is 0 Å². The summed E-state index contributed by atoms with van der Waals surface area (Å²) in [7, 11) is 0. The predicted molar refractivity (Wildman–Crippen MR) is 163 cm³/mol. The lowest BCUT2D eigenvalue weighted by molar-refractivity contribution is -0.146. The van der Waals surface area contributed by atoms with E-state index in [2.05, 4.69) is 41.5 Å². The minimum Gasteiger partial charge on any atom is -0.481 e. The second kappa shape index (κ2) is 17.5. The lowest BCUT2D eigenvalue weighted by Crippen LogP contribution is -2.42. The summed E-state index contributed by atoms with van der Waals surface area (Å²) in [6.45, 7) is 5.06. The number of amides is 1. The first kappa shape index (κ1) is 32.2. The minimum absolute atomic E-state index is 0.0568. The molecule has 0 aliphatic heterocycles. The number of aliphatic carboxylic acids is 1. The van der Waals surface area contributed by atoms with Crippen LogP contribution >= 0.6 is 0 Å². The van der Waals surface area contributed by atoms with Crippen molar-refractivity contribution in [2.75, 3.05) is 13.2 Å². The normalized spacial score (nSPS) is 11.8. The number of hydrogen-bond donors (Lipinski definition) is 2. The second-order valence-corrected chi connectivity index (χ2v) is 9.90. The maximum atomic E-state index is 12.8. The summed E-state index contributed by atoms with van der Waals surface area (Å²) in [6.07, 6.45) is 7.55. The zero-order valence-corrected chi connectivity index (χ0v) is 24.4. The number of aryl methyl sites for hydroxylation is 2. The van der Waals surface area contributed by atoms with Crippen LogP contribution in [0.25, 0.3) is 12.2 Å². The van der Waals surface area contributed by atoms with Gasteiger partial charge >= 0.3 is 11.9 Å². The third-order valence-corrected chi connectivity index (χ3v) is 6.63. The predicted octanol–water partition coefficient (Wildman–Crippen LogP) is 5.88. The summed E-state index contributed by atoms with van der Waals surface area (Å²) in [5.74, 6) is -2.20. The molecule has 0 aliphatic carbocycles. The van der Waals surface area contributed by atoms with E-state index in [1.54, 1.807) is 25.1 Å². The van der Waals surface area contributed by atoms with E-state index in [1.165, 1.54) is 11.1 Å². The van der Waals surface area contributed by atoms with Crippen LogP contribution in [0.3, 0.4) is 0 Å². The first-order valence-corrected chi connectivity index (χ1v) is 14.5. The zero-order chi connectivity index (χ0) is 30.2. The van der Waals surface area contributed by atoms with Crippen molar-refractivity contribution in [3.63, 3.8) is 0 Å². The van der Waals surface area contributed by atoms with Crippen LogP contribution in [-0.2, 0) is 38.5 Å². The largest absolute Gasteiger partial charge is 0.481 e. The Hall–Kier alpha value is -4.30. The number of esters is 1. The number of unbranched alkanes of at least 4 members (excludes halogenated alkanes) is 1. The average molecular weight is 573 g/mol. The van der Waals surface area contributed by atoms with Gasteiger partial charge in [-0.1, -0.05) is 55.5 Å². The number of pyridine rings is 1. The standard InChI is InChI=1S/C34H40N2O6/c1-3-25-14-16-26(17-15-25)9-5-6-22-41-24-30-13-8-12-29(35-30)19-18-27-10-7-11-28(23-27)33(39)36-31(20-21-32(37)38)34(40)42-4-2/h7-8,10-19,23,31H,3-6,9,20-22,24H2,1-2H3,(H,36,39)(H,37,38)/b19-18+/t31-/m0/s1. The summed E-state index contributed by atoms with van der Waals surface area (Å²) < 4.78 is 10.8. The highest BCUT2D eigenvalue weighted by molar-refractivity contribution is 5.97. The fourth-order valence-corrected chi connectivity index (χ4v) is 4.29. The van der Waals surface area contributed by atoms with E-state index in [0.29, 0.717) is 18.8 Å². The maximum Gasteiger partial charge on any atom is 0.328 e. The molecule has 1 amide bonds. The van der Waals surface area contributed by atoms with Gasteiger partial charge in [0.05, 0.1) is 24.6 Å². The van der Waals surface area contributed by atoms with Gasteiger partial charge in [0.1, 0.15) is 6.04 Å². The van der Waals surface area contributed by atoms with Crippen LogP contribution in [0, 0.1) is 0 Å². The molecule has 0 saturated carbocycles. The number of nitrogens with one attached hydrogen (secondary N) is 1. The van der Waals surface area contributed by atoms with Crippen molar-refractivity contribution in [2.24, 2.45) is 0 Å². The molecule has 2 aromatic carbocycles. The van der Waals surface area contributed by atoms with Crippen molar-refractivity contribution < 1.29 is 29.0 Å². The monoisotopic (exact) mass is 572 g/mol. The Kier molecular flexibility index (Phi) is 13.4. The van der Waals surface area contributed by atoms with Crippen molar-refractivity contribution >= 4 is 30.0 Å². The molecule has 8 nitrogen and oxygen atoms in total. The number of hydrogen-bond acceptors (Lipinski definition) is 6. The molecule has 1 aromatic heterocycles. The molecule has 0 radical (unpaired) electrons. The molecule has 42 heavy (non-hydrogen) atoms. The molecule has 2 N–H and O–H groups in total. The maximum absolute atomic E-state index is 12.8. The average Bonchev–Trinajstić information content (AvgIpc) is 3.00. The van der Waals surface area contributed by atoms with Gasteiger partial charge in [-0.3, -0.25) is 14.6 Å². The fourth-order valence-electron chi connectivity index (χ4n) is 4.29. The lowest BCUT2D eigenvalue weighted by atomic mass is 10.1. The molecule has 3 aromatic rings. The topological polar surface area (TPSA) is 115 Å². The number of rotatable bonds is 17. The van der Waals surface area contributed by atoms with E-state index in [0.717, 1.165) is 42.6 Å². The van der Waals surface area contributed by atoms with E-state index in [9.17, 15) is 14.4 Å². The Labute approximate surface area is 247 Å². The third-order valence-electron chi connectivity index (χ3n) is 6.63. The third kappa shape index (κ3) is 11.3. The van der Waals surface area contributed by atoms with Crippen LogP contribution in [0.4, 0.5) is 0 Å². The number of aromatic nitrogens is 1. The van der Waals surface area contributed by atoms with Crippen LogP contribution in [-0.4, -0.2) is 47.2 Å². The van der Waals surface area contributed by atoms with E-state index in [1.807, 2.05) is 36.4 Å². The number of carbonyl (C=O) groups is 3. The Morgan fingerprint density at radius 3 is 2.45 bits per heavy atom. The molecular formula is C34H40N2O6. The number of nitrogens with zero attached hydrogens (tertiary/aromatic N) is 1. The number of carbonyl (C=O) groups excluding carboxylic acids is 2. The summed E-state index contributed by atoms with van der Waals surface area (Å²) >= 11 is 0. The van der Waals surface area contributed by atoms with Crippen molar-refractivity contribution in [1.29, 1.82) is 0 Å². The summed E-state index contributed by atoms with van der Waals surface area (Å²) in [6, 6.07) is 20.4. The van der Waals surface area contributed by atoms with E-state index < -0.39 is 23.9 Å². The number of carboxylic acid groups (broad SMARTS) is 1. The molecule has 0 aliphatic rings. The van der Waals surface area contributed by atoms with E-state index in [4.69, 9.17) is 14.6 Å². The first-order chi connectivity index (χ1) is 20.4. The van der Waals surface area contributed by atoms with Gasteiger partial charge in [-0.15, -0.1) is 0 Å². The molecule has 8 heteroatoms. The zero-order valence-electron chi connectivity index (χ0n) is 24.4. The van der Waals surface area contributed by atoms with Crippen molar-refractivity contribution in [1.82, 2.24) is 10.3 Å². The highest BCUT2D eigenvalue weighted by Gasteiger charge is 2.23. The summed E-state index contributed by atoms with van der Waals surface area (Å²) in [5.41, 5.74) is 5.43. The van der Waals surface area contributed by atoms with E-state index in [-0.39, 0.29) is 19.4 Å². The number of carboxylic acids is 1. The molecule has 3 rings (SSSR count). The highest BCUT2D eigenvalue weighted by atomic mass is 16.5. The number of benzene rings is 2. The smallest absolute Gasteiger partial charge is 0.328 e. The SMILES string of the molecule is CCOC(=O)[C@H](CCC(=O)O)NC(=O)c1cccc(/C=C/c2cccc(COCCCCc3ccc(CC)cc3)n2)c1. The molecule has 0 bridgehead atoms. The van der Waals surface area contributed by atoms with Gasteiger partial charge in [-0.2, -0.15) is 0 Å². The van der Waals surface area contributed by atoms with E-state index >= 15 is 0 Å². The van der Waals surface area contributed by atoms with Crippen LogP contribution < -0.4 is 5.32 Å². The quantitative estimate of drug-likeness (QED) is 0.153. The summed E-state index contributed by atoms with van der Waals surface area (Å²) in [4.78, 5) is 40.6. The molecule has 0 saturated heterocycles.